The van der Waals surface area contributed by atoms with Gasteiger partial charge in [0.1, 0.15) is 6.10 Å². The van der Waals surface area contributed by atoms with E-state index in [4.69, 9.17) is 19.7 Å². The van der Waals surface area contributed by atoms with Crippen LogP contribution in [0.15, 0.2) is 4.52 Å². The Morgan fingerprint density at radius 3 is 2.62 bits per heavy atom. The molecule has 6 heteroatoms. The predicted molar refractivity (Wildman–Crippen MR) is 57.7 cm³/mol. The fourth-order valence-electron chi connectivity index (χ4n) is 1.03. The first-order valence-electron chi connectivity index (χ1n) is 5.28. The molecule has 1 aromatic rings. The maximum absolute atomic E-state index is 5.85. The second-order valence-electron chi connectivity index (χ2n) is 3.86. The van der Waals surface area contributed by atoms with Gasteiger partial charge in [-0.3, -0.25) is 0 Å². The Labute approximate surface area is 95.1 Å². The van der Waals surface area contributed by atoms with Gasteiger partial charge in [0.05, 0.1) is 18.8 Å². The average Bonchev–Trinajstić information content (AvgIpc) is 2.74. The Kier molecular flexibility index (Phi) is 4.85. The number of rotatable bonds is 6. The van der Waals surface area contributed by atoms with Crippen LogP contribution in [0.3, 0.4) is 0 Å². The lowest BCUT2D eigenvalue weighted by molar-refractivity contribution is 0.0664. The lowest BCUT2D eigenvalue weighted by Crippen LogP contribution is -2.20. The van der Waals surface area contributed by atoms with Crippen molar-refractivity contribution in [2.45, 2.75) is 39.0 Å². The number of aromatic nitrogens is 2. The summed E-state index contributed by atoms with van der Waals surface area (Å²) in [6, 6.07) is -0.371. The van der Waals surface area contributed by atoms with Crippen LogP contribution in [-0.2, 0) is 9.47 Å². The van der Waals surface area contributed by atoms with Gasteiger partial charge in [-0.1, -0.05) is 5.16 Å². The third-order valence-corrected chi connectivity index (χ3v) is 2.10. The van der Waals surface area contributed by atoms with E-state index in [-0.39, 0.29) is 18.2 Å². The Morgan fingerprint density at radius 2 is 2.06 bits per heavy atom. The van der Waals surface area contributed by atoms with Crippen molar-refractivity contribution >= 4 is 0 Å². The zero-order valence-corrected chi connectivity index (χ0v) is 10.1. The lowest BCUT2D eigenvalue weighted by Gasteiger charge is -2.10. The molecule has 0 spiro atoms. The number of hydrogen-bond donors (Lipinski definition) is 1. The highest BCUT2D eigenvalue weighted by atomic mass is 16.5. The zero-order chi connectivity index (χ0) is 12.1. The molecule has 0 amide bonds. The monoisotopic (exact) mass is 229 g/mol. The minimum absolute atomic E-state index is 0.135. The van der Waals surface area contributed by atoms with Gasteiger partial charge >= 0.3 is 0 Å². The summed E-state index contributed by atoms with van der Waals surface area (Å²) in [6.07, 6.45) is -0.0882. The van der Waals surface area contributed by atoms with Gasteiger partial charge in [-0.25, -0.2) is 0 Å². The summed E-state index contributed by atoms with van der Waals surface area (Å²) < 4.78 is 15.5. The zero-order valence-electron chi connectivity index (χ0n) is 10.1. The first-order valence-corrected chi connectivity index (χ1v) is 5.28. The maximum atomic E-state index is 5.85. The van der Waals surface area contributed by atoms with Gasteiger partial charge in [-0.15, -0.1) is 0 Å². The Balaban J connectivity index is 2.56. The van der Waals surface area contributed by atoms with E-state index in [1.807, 2.05) is 20.8 Å². The fraction of sp³-hybridized carbons (Fsp3) is 0.800. The van der Waals surface area contributed by atoms with E-state index in [0.717, 1.165) is 0 Å². The third kappa shape index (κ3) is 3.55. The van der Waals surface area contributed by atoms with Crippen LogP contribution in [0.5, 0.6) is 0 Å². The Hall–Kier alpha value is -0.980. The summed E-state index contributed by atoms with van der Waals surface area (Å²) >= 11 is 0. The summed E-state index contributed by atoms with van der Waals surface area (Å²) in [5.74, 6) is 0.872. The molecule has 2 unspecified atom stereocenters. The van der Waals surface area contributed by atoms with Gasteiger partial charge in [0.2, 0.25) is 0 Å². The fourth-order valence-corrected chi connectivity index (χ4v) is 1.03. The van der Waals surface area contributed by atoms with Crippen LogP contribution >= 0.6 is 0 Å². The Morgan fingerprint density at radius 1 is 1.38 bits per heavy atom. The van der Waals surface area contributed by atoms with Crippen LogP contribution in [0.1, 0.15) is 44.6 Å². The van der Waals surface area contributed by atoms with Crippen LogP contribution in [-0.4, -0.2) is 30.0 Å². The SMILES string of the molecule is COC(C)c1nc(C(N)COC(C)C)no1. The molecule has 6 nitrogen and oxygen atoms in total. The second-order valence-corrected chi connectivity index (χ2v) is 3.86. The van der Waals surface area contributed by atoms with Crippen molar-refractivity contribution in [2.24, 2.45) is 5.73 Å². The molecule has 0 aliphatic carbocycles. The lowest BCUT2D eigenvalue weighted by atomic mass is 10.3. The van der Waals surface area contributed by atoms with E-state index in [9.17, 15) is 0 Å². The molecule has 0 radical (unpaired) electrons. The largest absolute Gasteiger partial charge is 0.377 e. The van der Waals surface area contributed by atoms with E-state index in [1.165, 1.54) is 0 Å². The molecular formula is C10H19N3O3. The van der Waals surface area contributed by atoms with E-state index in [1.54, 1.807) is 7.11 Å². The summed E-state index contributed by atoms with van der Waals surface area (Å²) in [5.41, 5.74) is 5.85. The van der Waals surface area contributed by atoms with Crippen molar-refractivity contribution in [3.63, 3.8) is 0 Å². The molecule has 0 saturated heterocycles. The summed E-state index contributed by atoms with van der Waals surface area (Å²) in [6.45, 7) is 6.09. The smallest absolute Gasteiger partial charge is 0.255 e. The molecule has 0 aliphatic rings. The summed E-state index contributed by atoms with van der Waals surface area (Å²) in [5, 5.41) is 3.79. The Bertz CT molecular complexity index is 314. The second kappa shape index (κ2) is 5.93. The summed E-state index contributed by atoms with van der Waals surface area (Å²) in [7, 11) is 1.58. The van der Waals surface area contributed by atoms with Crippen molar-refractivity contribution in [3.8, 4) is 0 Å². The molecule has 1 rings (SSSR count). The molecular weight excluding hydrogens is 210 g/mol. The van der Waals surface area contributed by atoms with Crippen molar-refractivity contribution in [1.29, 1.82) is 0 Å². The molecule has 0 aromatic carbocycles. The highest BCUT2D eigenvalue weighted by Crippen LogP contribution is 2.15. The van der Waals surface area contributed by atoms with E-state index in [2.05, 4.69) is 10.1 Å². The minimum atomic E-state index is -0.371. The van der Waals surface area contributed by atoms with Crippen LogP contribution in [0.4, 0.5) is 0 Å². The predicted octanol–water partition coefficient (Wildman–Crippen LogP) is 1.20. The molecule has 0 aliphatic heterocycles. The number of ether oxygens (including phenoxy) is 2. The first-order chi connectivity index (χ1) is 7.54. The molecule has 2 atom stereocenters. The van der Waals surface area contributed by atoms with Gasteiger partial charge in [0, 0.05) is 7.11 Å². The number of methoxy groups -OCH3 is 1. The molecule has 0 saturated carbocycles. The van der Waals surface area contributed by atoms with Crippen molar-refractivity contribution in [2.75, 3.05) is 13.7 Å². The topological polar surface area (TPSA) is 83.4 Å². The molecule has 16 heavy (non-hydrogen) atoms. The quantitative estimate of drug-likeness (QED) is 0.789. The standard InChI is InChI=1S/C10H19N3O3/c1-6(2)15-5-8(11)9-12-10(16-13-9)7(3)14-4/h6-8H,5,11H2,1-4H3. The van der Waals surface area contributed by atoms with Crippen molar-refractivity contribution in [3.05, 3.63) is 11.7 Å². The maximum Gasteiger partial charge on any atom is 0.255 e. The van der Waals surface area contributed by atoms with Crippen LogP contribution in [0.2, 0.25) is 0 Å². The molecule has 2 N–H and O–H groups in total. The van der Waals surface area contributed by atoms with Crippen LogP contribution in [0, 0.1) is 0 Å². The molecule has 92 valence electrons. The van der Waals surface area contributed by atoms with E-state index in [0.29, 0.717) is 18.3 Å². The highest BCUT2D eigenvalue weighted by molar-refractivity contribution is 4.94. The van der Waals surface area contributed by atoms with Crippen molar-refractivity contribution in [1.82, 2.24) is 10.1 Å². The molecule has 1 aromatic heterocycles. The molecule has 0 fully saturated rings. The van der Waals surface area contributed by atoms with Gasteiger partial charge < -0.3 is 19.7 Å². The van der Waals surface area contributed by atoms with Gasteiger partial charge in [-0.05, 0) is 20.8 Å². The van der Waals surface area contributed by atoms with Gasteiger partial charge in [0.15, 0.2) is 5.82 Å². The normalized spacial score (nSPS) is 15.4. The van der Waals surface area contributed by atoms with Gasteiger partial charge in [0.25, 0.3) is 5.89 Å². The molecule has 1 heterocycles. The van der Waals surface area contributed by atoms with E-state index >= 15 is 0 Å². The van der Waals surface area contributed by atoms with E-state index < -0.39 is 0 Å². The first kappa shape index (κ1) is 13.1. The minimum Gasteiger partial charge on any atom is -0.377 e. The number of nitrogens with two attached hydrogens (primary N) is 1. The highest BCUT2D eigenvalue weighted by Gasteiger charge is 2.18. The van der Waals surface area contributed by atoms with Crippen molar-refractivity contribution < 1.29 is 14.0 Å². The summed E-state index contributed by atoms with van der Waals surface area (Å²) in [4.78, 5) is 4.15. The van der Waals surface area contributed by atoms with Crippen LogP contribution < -0.4 is 5.73 Å². The molecule has 0 bridgehead atoms. The average molecular weight is 229 g/mol. The third-order valence-electron chi connectivity index (χ3n) is 2.10. The number of hydrogen-bond acceptors (Lipinski definition) is 6. The van der Waals surface area contributed by atoms with Gasteiger partial charge in [-0.2, -0.15) is 4.98 Å². The number of nitrogens with zero attached hydrogens (tertiary/aromatic N) is 2. The van der Waals surface area contributed by atoms with Crippen LogP contribution in [0.25, 0.3) is 0 Å².